The normalized spacial score (nSPS) is 12.2. The van der Waals surface area contributed by atoms with Crippen LogP contribution in [-0.4, -0.2) is 24.2 Å². The molecule has 0 saturated heterocycles. The standard InChI is InChI=1S/C12H17NO2/c1-9-4-6-11(7-5-9)13(3)10(2)8-12(14)15/h4-7,10H,8H2,1-3H3,(H,14,15). The van der Waals surface area contributed by atoms with Crippen molar-refractivity contribution in [2.75, 3.05) is 11.9 Å². The van der Waals surface area contributed by atoms with Gasteiger partial charge in [0.05, 0.1) is 6.42 Å². The SMILES string of the molecule is Cc1ccc(N(C)C(C)CC(=O)O)cc1. The molecule has 1 rings (SSSR count). The Bertz CT molecular complexity index is 332. The third-order valence-electron chi connectivity index (χ3n) is 2.57. The van der Waals surface area contributed by atoms with Gasteiger partial charge in [-0.1, -0.05) is 17.7 Å². The Kier molecular flexibility index (Phi) is 3.72. The summed E-state index contributed by atoms with van der Waals surface area (Å²) in [6.07, 6.45) is 0.157. The zero-order chi connectivity index (χ0) is 11.4. The van der Waals surface area contributed by atoms with E-state index in [4.69, 9.17) is 5.11 Å². The molecule has 3 nitrogen and oxygen atoms in total. The minimum atomic E-state index is -0.763. The number of aryl methyl sites for hydroxylation is 1. The van der Waals surface area contributed by atoms with Crippen LogP contribution >= 0.6 is 0 Å². The van der Waals surface area contributed by atoms with Crippen molar-refractivity contribution in [2.45, 2.75) is 26.3 Å². The Morgan fingerprint density at radius 2 is 1.93 bits per heavy atom. The van der Waals surface area contributed by atoms with Crippen LogP contribution in [0, 0.1) is 6.92 Å². The van der Waals surface area contributed by atoms with Crippen LogP contribution < -0.4 is 4.90 Å². The van der Waals surface area contributed by atoms with Gasteiger partial charge in [-0.3, -0.25) is 4.79 Å². The molecule has 0 fully saturated rings. The van der Waals surface area contributed by atoms with Crippen molar-refractivity contribution in [2.24, 2.45) is 0 Å². The van der Waals surface area contributed by atoms with Crippen LogP contribution in [0.1, 0.15) is 18.9 Å². The van der Waals surface area contributed by atoms with Gasteiger partial charge in [-0.05, 0) is 26.0 Å². The predicted molar refractivity (Wildman–Crippen MR) is 61.3 cm³/mol. The van der Waals surface area contributed by atoms with E-state index in [-0.39, 0.29) is 12.5 Å². The lowest BCUT2D eigenvalue weighted by molar-refractivity contribution is -0.137. The molecule has 1 unspecified atom stereocenters. The molecule has 0 spiro atoms. The minimum absolute atomic E-state index is 0.00482. The van der Waals surface area contributed by atoms with Gasteiger partial charge in [-0.15, -0.1) is 0 Å². The number of benzene rings is 1. The van der Waals surface area contributed by atoms with E-state index in [1.165, 1.54) is 5.56 Å². The maximum atomic E-state index is 10.6. The topological polar surface area (TPSA) is 40.5 Å². The minimum Gasteiger partial charge on any atom is -0.481 e. The molecule has 1 N–H and O–H groups in total. The lowest BCUT2D eigenvalue weighted by atomic mass is 10.1. The molecule has 0 heterocycles. The molecule has 0 radical (unpaired) electrons. The zero-order valence-electron chi connectivity index (χ0n) is 9.40. The first-order chi connectivity index (χ1) is 7.00. The van der Waals surface area contributed by atoms with Gasteiger partial charge in [0.1, 0.15) is 0 Å². The number of hydrogen-bond acceptors (Lipinski definition) is 2. The summed E-state index contributed by atoms with van der Waals surface area (Å²) >= 11 is 0. The number of carbonyl (C=O) groups is 1. The monoisotopic (exact) mass is 207 g/mol. The summed E-state index contributed by atoms with van der Waals surface area (Å²) in [6, 6.07) is 8.07. The van der Waals surface area contributed by atoms with Crippen molar-refractivity contribution in [3.8, 4) is 0 Å². The Balaban J connectivity index is 2.71. The van der Waals surface area contributed by atoms with Crippen molar-refractivity contribution < 1.29 is 9.90 Å². The molecule has 82 valence electrons. The fourth-order valence-electron chi connectivity index (χ4n) is 1.42. The fourth-order valence-corrected chi connectivity index (χ4v) is 1.42. The maximum absolute atomic E-state index is 10.6. The molecule has 0 saturated carbocycles. The largest absolute Gasteiger partial charge is 0.481 e. The molecule has 0 aliphatic heterocycles. The number of nitrogens with zero attached hydrogens (tertiary/aromatic N) is 1. The van der Waals surface area contributed by atoms with E-state index in [2.05, 4.69) is 0 Å². The van der Waals surface area contributed by atoms with Crippen molar-refractivity contribution in [3.63, 3.8) is 0 Å². The number of hydrogen-bond donors (Lipinski definition) is 1. The van der Waals surface area contributed by atoms with Crippen molar-refractivity contribution in [3.05, 3.63) is 29.8 Å². The molecule has 1 aromatic rings. The summed E-state index contributed by atoms with van der Waals surface area (Å²) in [7, 11) is 1.91. The highest BCUT2D eigenvalue weighted by Crippen LogP contribution is 2.17. The van der Waals surface area contributed by atoms with Gasteiger partial charge < -0.3 is 10.0 Å². The first kappa shape index (κ1) is 11.6. The van der Waals surface area contributed by atoms with E-state index in [1.54, 1.807) is 0 Å². The summed E-state index contributed by atoms with van der Waals surface area (Å²) in [6.45, 7) is 3.94. The van der Waals surface area contributed by atoms with Crippen LogP contribution in [-0.2, 0) is 4.79 Å². The van der Waals surface area contributed by atoms with Gasteiger partial charge in [0.25, 0.3) is 0 Å². The lowest BCUT2D eigenvalue weighted by Crippen LogP contribution is -2.30. The van der Waals surface area contributed by atoms with E-state index in [9.17, 15) is 4.79 Å². The maximum Gasteiger partial charge on any atom is 0.305 e. The van der Waals surface area contributed by atoms with Gasteiger partial charge in [-0.2, -0.15) is 0 Å². The van der Waals surface area contributed by atoms with Crippen LogP contribution in [0.4, 0.5) is 5.69 Å². The average Bonchev–Trinajstić information content (AvgIpc) is 2.17. The molecule has 15 heavy (non-hydrogen) atoms. The van der Waals surface area contributed by atoms with Crippen molar-refractivity contribution >= 4 is 11.7 Å². The Morgan fingerprint density at radius 3 is 2.40 bits per heavy atom. The van der Waals surface area contributed by atoms with Crippen LogP contribution in [0.25, 0.3) is 0 Å². The number of carboxylic acid groups (broad SMARTS) is 1. The highest BCUT2D eigenvalue weighted by molar-refractivity contribution is 5.68. The molecular formula is C12H17NO2. The summed E-state index contributed by atoms with van der Waals surface area (Å²) in [5, 5.41) is 8.70. The number of carboxylic acids is 1. The first-order valence-corrected chi connectivity index (χ1v) is 5.02. The third-order valence-corrected chi connectivity index (χ3v) is 2.57. The second-order valence-corrected chi connectivity index (χ2v) is 3.89. The van der Waals surface area contributed by atoms with Gasteiger partial charge in [-0.25, -0.2) is 0 Å². The van der Waals surface area contributed by atoms with Gasteiger partial charge in [0.2, 0.25) is 0 Å². The first-order valence-electron chi connectivity index (χ1n) is 5.02. The fraction of sp³-hybridized carbons (Fsp3) is 0.417. The summed E-state index contributed by atoms with van der Waals surface area (Å²) in [5.41, 5.74) is 2.26. The van der Waals surface area contributed by atoms with Crippen molar-refractivity contribution in [1.82, 2.24) is 0 Å². The van der Waals surface area contributed by atoms with Gasteiger partial charge in [0.15, 0.2) is 0 Å². The number of anilines is 1. The molecule has 3 heteroatoms. The Labute approximate surface area is 90.3 Å². The second-order valence-electron chi connectivity index (χ2n) is 3.89. The lowest BCUT2D eigenvalue weighted by Gasteiger charge is -2.25. The smallest absolute Gasteiger partial charge is 0.305 e. The van der Waals surface area contributed by atoms with Crippen LogP contribution in [0.15, 0.2) is 24.3 Å². The van der Waals surface area contributed by atoms with E-state index >= 15 is 0 Å². The summed E-state index contributed by atoms with van der Waals surface area (Å²) in [4.78, 5) is 12.6. The van der Waals surface area contributed by atoms with Crippen LogP contribution in [0.5, 0.6) is 0 Å². The van der Waals surface area contributed by atoms with Gasteiger partial charge >= 0.3 is 5.97 Å². The molecular weight excluding hydrogens is 190 g/mol. The number of rotatable bonds is 4. The molecule has 0 aromatic heterocycles. The van der Waals surface area contributed by atoms with E-state index in [1.807, 2.05) is 50.1 Å². The summed E-state index contributed by atoms with van der Waals surface area (Å²) < 4.78 is 0. The van der Waals surface area contributed by atoms with Crippen LogP contribution in [0.2, 0.25) is 0 Å². The predicted octanol–water partition coefficient (Wildman–Crippen LogP) is 2.29. The highest BCUT2D eigenvalue weighted by Gasteiger charge is 2.13. The molecule has 0 amide bonds. The zero-order valence-corrected chi connectivity index (χ0v) is 9.40. The van der Waals surface area contributed by atoms with Crippen molar-refractivity contribution in [1.29, 1.82) is 0 Å². The van der Waals surface area contributed by atoms with E-state index < -0.39 is 5.97 Å². The molecule has 1 aromatic carbocycles. The van der Waals surface area contributed by atoms with Gasteiger partial charge in [0, 0.05) is 18.8 Å². The molecule has 0 aliphatic rings. The Morgan fingerprint density at radius 1 is 1.40 bits per heavy atom. The second kappa shape index (κ2) is 4.82. The molecule has 0 bridgehead atoms. The molecule has 0 aliphatic carbocycles. The Hall–Kier alpha value is -1.51. The van der Waals surface area contributed by atoms with E-state index in [0.29, 0.717) is 0 Å². The quantitative estimate of drug-likeness (QED) is 0.823. The number of aliphatic carboxylic acids is 1. The highest BCUT2D eigenvalue weighted by atomic mass is 16.4. The average molecular weight is 207 g/mol. The van der Waals surface area contributed by atoms with Crippen LogP contribution in [0.3, 0.4) is 0 Å². The third kappa shape index (κ3) is 3.27. The van der Waals surface area contributed by atoms with E-state index in [0.717, 1.165) is 5.69 Å². The summed E-state index contributed by atoms with van der Waals surface area (Å²) in [5.74, 6) is -0.763. The molecule has 1 atom stereocenters.